The molecule has 0 amide bonds. The summed E-state index contributed by atoms with van der Waals surface area (Å²) in [6, 6.07) is 4.03. The van der Waals surface area contributed by atoms with Gasteiger partial charge < -0.3 is 14.0 Å². The first kappa shape index (κ1) is 14.9. The Morgan fingerprint density at radius 2 is 2.05 bits per heavy atom. The second-order valence-electron chi connectivity index (χ2n) is 5.33. The number of methoxy groups -OCH3 is 1. The fourth-order valence-electron chi connectivity index (χ4n) is 2.58. The predicted octanol–water partition coefficient (Wildman–Crippen LogP) is 3.36. The molecule has 0 bridgehead atoms. The van der Waals surface area contributed by atoms with E-state index in [0.29, 0.717) is 17.3 Å². The zero-order chi connectivity index (χ0) is 14.7. The molecule has 1 atom stereocenters. The van der Waals surface area contributed by atoms with Crippen molar-refractivity contribution in [2.24, 2.45) is 0 Å². The van der Waals surface area contributed by atoms with Crippen LogP contribution in [0.3, 0.4) is 0 Å². The number of ether oxygens (including phenoxy) is 1. The molecule has 0 saturated heterocycles. The third-order valence-corrected chi connectivity index (χ3v) is 3.87. The van der Waals surface area contributed by atoms with E-state index in [0.717, 1.165) is 24.9 Å². The normalized spacial score (nSPS) is 13.1. The summed E-state index contributed by atoms with van der Waals surface area (Å²) in [5.74, 6) is 0.0207. The fourth-order valence-corrected chi connectivity index (χ4v) is 2.58. The van der Waals surface area contributed by atoms with Gasteiger partial charge in [-0.2, -0.15) is 0 Å². The van der Waals surface area contributed by atoms with Gasteiger partial charge >= 0.3 is 0 Å². The standard InChI is InChI=1S/C16H23FN2O/c1-5-8-18(3)12(2)11-13-6-9-19-10-7-14(20-4)15(17)16(13)19/h6-7,9-10,12H,5,8,11H2,1-4H3. The Kier molecular flexibility index (Phi) is 4.65. The summed E-state index contributed by atoms with van der Waals surface area (Å²) >= 11 is 0. The highest BCUT2D eigenvalue weighted by Crippen LogP contribution is 2.26. The Bertz CT molecular complexity index is 579. The van der Waals surface area contributed by atoms with E-state index < -0.39 is 0 Å². The van der Waals surface area contributed by atoms with Gasteiger partial charge in [0.1, 0.15) is 0 Å². The van der Waals surface area contributed by atoms with E-state index in [1.807, 2.05) is 22.9 Å². The summed E-state index contributed by atoms with van der Waals surface area (Å²) in [4.78, 5) is 2.31. The number of halogens is 1. The van der Waals surface area contributed by atoms with Gasteiger partial charge in [-0.05, 0) is 51.1 Å². The van der Waals surface area contributed by atoms with Crippen LogP contribution in [0.1, 0.15) is 25.8 Å². The number of aromatic nitrogens is 1. The quantitative estimate of drug-likeness (QED) is 0.806. The van der Waals surface area contributed by atoms with E-state index in [2.05, 4.69) is 25.8 Å². The summed E-state index contributed by atoms with van der Waals surface area (Å²) in [6.45, 7) is 5.40. The molecule has 1 unspecified atom stereocenters. The highest BCUT2D eigenvalue weighted by atomic mass is 19.1. The van der Waals surface area contributed by atoms with E-state index >= 15 is 0 Å². The van der Waals surface area contributed by atoms with E-state index in [-0.39, 0.29) is 5.82 Å². The van der Waals surface area contributed by atoms with E-state index in [4.69, 9.17) is 4.74 Å². The third kappa shape index (κ3) is 2.80. The van der Waals surface area contributed by atoms with Gasteiger partial charge in [0.2, 0.25) is 0 Å². The summed E-state index contributed by atoms with van der Waals surface area (Å²) in [6.07, 6.45) is 5.69. The molecule has 0 fully saturated rings. The Morgan fingerprint density at radius 1 is 1.35 bits per heavy atom. The average molecular weight is 278 g/mol. The minimum absolute atomic E-state index is 0.277. The Morgan fingerprint density at radius 3 is 2.70 bits per heavy atom. The molecule has 0 spiro atoms. The molecule has 0 aliphatic heterocycles. The molecule has 0 aliphatic carbocycles. The third-order valence-electron chi connectivity index (χ3n) is 3.87. The number of hydrogen-bond donors (Lipinski definition) is 0. The molecule has 0 aromatic carbocycles. The summed E-state index contributed by atoms with van der Waals surface area (Å²) in [5, 5.41) is 0. The number of nitrogens with zero attached hydrogens (tertiary/aromatic N) is 2. The SMILES string of the molecule is CCCN(C)C(C)Cc1ccn2ccc(OC)c(F)c12. The number of pyridine rings is 1. The lowest BCUT2D eigenvalue weighted by Gasteiger charge is -2.24. The Hall–Kier alpha value is -1.55. The van der Waals surface area contributed by atoms with Gasteiger partial charge in [-0.3, -0.25) is 0 Å². The summed E-state index contributed by atoms with van der Waals surface area (Å²) < 4.78 is 21.3. The zero-order valence-electron chi connectivity index (χ0n) is 12.7. The molecule has 2 rings (SSSR count). The number of rotatable bonds is 6. The predicted molar refractivity (Wildman–Crippen MR) is 80.0 cm³/mol. The fraction of sp³-hybridized carbons (Fsp3) is 0.500. The minimum atomic E-state index is -0.277. The molecule has 0 N–H and O–H groups in total. The van der Waals surface area contributed by atoms with Crippen LogP contribution in [0.15, 0.2) is 24.5 Å². The van der Waals surface area contributed by atoms with Crippen molar-refractivity contribution in [2.75, 3.05) is 20.7 Å². The molecule has 2 aromatic rings. The van der Waals surface area contributed by atoms with E-state index in [1.54, 1.807) is 6.07 Å². The molecular weight excluding hydrogens is 255 g/mol. The number of hydrogen-bond acceptors (Lipinski definition) is 2. The average Bonchev–Trinajstić information content (AvgIpc) is 2.83. The smallest absolute Gasteiger partial charge is 0.189 e. The second kappa shape index (κ2) is 6.27. The lowest BCUT2D eigenvalue weighted by molar-refractivity contribution is 0.257. The molecule has 2 aromatic heterocycles. The van der Waals surface area contributed by atoms with Crippen LogP contribution in [-0.2, 0) is 6.42 Å². The summed E-state index contributed by atoms with van der Waals surface area (Å²) in [5.41, 5.74) is 1.65. The van der Waals surface area contributed by atoms with Crippen molar-refractivity contribution in [3.63, 3.8) is 0 Å². The van der Waals surface area contributed by atoms with Crippen LogP contribution >= 0.6 is 0 Å². The molecule has 20 heavy (non-hydrogen) atoms. The van der Waals surface area contributed by atoms with Gasteiger partial charge in [0, 0.05) is 18.4 Å². The molecule has 0 radical (unpaired) electrons. The lowest BCUT2D eigenvalue weighted by atomic mass is 10.1. The molecule has 2 heterocycles. The van der Waals surface area contributed by atoms with Crippen molar-refractivity contribution in [1.29, 1.82) is 0 Å². The zero-order valence-corrected chi connectivity index (χ0v) is 12.7. The first-order valence-electron chi connectivity index (χ1n) is 7.10. The van der Waals surface area contributed by atoms with Crippen LogP contribution in [0, 0.1) is 5.82 Å². The Balaban J connectivity index is 2.31. The van der Waals surface area contributed by atoms with Gasteiger partial charge in [0.25, 0.3) is 0 Å². The topological polar surface area (TPSA) is 16.9 Å². The van der Waals surface area contributed by atoms with Crippen LogP contribution in [0.5, 0.6) is 5.75 Å². The van der Waals surface area contributed by atoms with Crippen molar-refractivity contribution in [1.82, 2.24) is 9.30 Å². The first-order chi connectivity index (χ1) is 9.58. The van der Waals surface area contributed by atoms with Crippen LogP contribution < -0.4 is 4.74 Å². The van der Waals surface area contributed by atoms with Crippen LogP contribution in [0.25, 0.3) is 5.52 Å². The van der Waals surface area contributed by atoms with Gasteiger partial charge in [-0.25, -0.2) is 4.39 Å². The molecule has 0 aliphatic rings. The summed E-state index contributed by atoms with van der Waals surface area (Å²) in [7, 11) is 3.61. The molecule has 0 saturated carbocycles. The van der Waals surface area contributed by atoms with Crippen molar-refractivity contribution in [3.8, 4) is 5.75 Å². The Labute approximate surface area is 120 Å². The molecule has 4 heteroatoms. The van der Waals surface area contributed by atoms with Gasteiger partial charge in [0.05, 0.1) is 12.6 Å². The maximum Gasteiger partial charge on any atom is 0.189 e. The number of fused-ring (bicyclic) bond motifs is 1. The van der Waals surface area contributed by atoms with Crippen molar-refractivity contribution < 1.29 is 9.13 Å². The van der Waals surface area contributed by atoms with Crippen molar-refractivity contribution >= 4 is 5.52 Å². The van der Waals surface area contributed by atoms with Crippen LogP contribution in [-0.4, -0.2) is 36.0 Å². The van der Waals surface area contributed by atoms with Crippen molar-refractivity contribution in [2.45, 2.75) is 32.7 Å². The maximum absolute atomic E-state index is 14.4. The molecular formula is C16H23FN2O. The molecule has 110 valence electrons. The second-order valence-corrected chi connectivity index (χ2v) is 5.33. The minimum Gasteiger partial charge on any atom is -0.494 e. The van der Waals surface area contributed by atoms with Gasteiger partial charge in [-0.1, -0.05) is 6.92 Å². The van der Waals surface area contributed by atoms with Gasteiger partial charge in [0.15, 0.2) is 11.6 Å². The van der Waals surface area contributed by atoms with Crippen LogP contribution in [0.2, 0.25) is 0 Å². The van der Waals surface area contributed by atoms with Gasteiger partial charge in [-0.15, -0.1) is 0 Å². The van der Waals surface area contributed by atoms with E-state index in [1.165, 1.54) is 7.11 Å². The largest absolute Gasteiger partial charge is 0.494 e. The first-order valence-corrected chi connectivity index (χ1v) is 7.10. The lowest BCUT2D eigenvalue weighted by Crippen LogP contribution is -2.31. The van der Waals surface area contributed by atoms with Crippen molar-refractivity contribution in [3.05, 3.63) is 35.9 Å². The maximum atomic E-state index is 14.4. The van der Waals surface area contributed by atoms with E-state index in [9.17, 15) is 4.39 Å². The van der Waals surface area contributed by atoms with Crippen LogP contribution in [0.4, 0.5) is 4.39 Å². The number of likely N-dealkylation sites (N-methyl/N-ethyl adjacent to an activating group) is 1. The highest BCUT2D eigenvalue weighted by molar-refractivity contribution is 5.60. The monoisotopic (exact) mass is 278 g/mol. The molecule has 3 nitrogen and oxygen atoms in total. The highest BCUT2D eigenvalue weighted by Gasteiger charge is 2.16.